The lowest BCUT2D eigenvalue weighted by atomic mass is 10.1. The first kappa shape index (κ1) is 15.1. The second-order valence-electron chi connectivity index (χ2n) is 5.80. The van der Waals surface area contributed by atoms with Crippen molar-refractivity contribution in [1.82, 2.24) is 25.0 Å². The zero-order valence-corrected chi connectivity index (χ0v) is 13.2. The van der Waals surface area contributed by atoms with Crippen LogP contribution in [0.25, 0.3) is 11.3 Å². The van der Waals surface area contributed by atoms with Gasteiger partial charge in [-0.25, -0.2) is 0 Å². The fourth-order valence-electron chi connectivity index (χ4n) is 2.77. The second-order valence-corrected chi connectivity index (χ2v) is 5.80. The molecule has 2 aromatic rings. The molecule has 2 aromatic heterocycles. The van der Waals surface area contributed by atoms with Crippen molar-refractivity contribution >= 4 is 0 Å². The van der Waals surface area contributed by atoms with E-state index in [-0.39, 0.29) is 6.10 Å². The van der Waals surface area contributed by atoms with Crippen molar-refractivity contribution in [3.63, 3.8) is 0 Å². The number of morpholine rings is 1. The van der Waals surface area contributed by atoms with E-state index in [4.69, 9.17) is 4.74 Å². The molecular weight excluding hydrogens is 278 g/mol. The zero-order chi connectivity index (χ0) is 15.4. The SMILES string of the molecule is CN1CCO[C@@H](CNCc2cn(C)nc2-c2cccnc2)C1. The molecule has 3 heterocycles. The van der Waals surface area contributed by atoms with Gasteiger partial charge in [-0.1, -0.05) is 0 Å². The normalized spacial score (nSPS) is 19.5. The largest absolute Gasteiger partial charge is 0.374 e. The summed E-state index contributed by atoms with van der Waals surface area (Å²) >= 11 is 0. The minimum Gasteiger partial charge on any atom is -0.374 e. The molecule has 3 rings (SSSR count). The van der Waals surface area contributed by atoms with E-state index in [1.165, 1.54) is 5.56 Å². The average Bonchev–Trinajstić information content (AvgIpc) is 2.89. The smallest absolute Gasteiger partial charge is 0.0983 e. The Morgan fingerprint density at radius 1 is 1.41 bits per heavy atom. The Morgan fingerprint density at radius 2 is 2.32 bits per heavy atom. The lowest BCUT2D eigenvalue weighted by molar-refractivity contribution is -0.0182. The van der Waals surface area contributed by atoms with E-state index in [0.717, 1.165) is 44.0 Å². The van der Waals surface area contributed by atoms with Crippen molar-refractivity contribution in [1.29, 1.82) is 0 Å². The number of pyridine rings is 1. The van der Waals surface area contributed by atoms with Gasteiger partial charge < -0.3 is 15.0 Å². The molecule has 6 heteroatoms. The molecule has 1 aliphatic rings. The number of nitrogens with one attached hydrogen (secondary N) is 1. The third kappa shape index (κ3) is 3.71. The number of rotatable bonds is 5. The summed E-state index contributed by atoms with van der Waals surface area (Å²) in [7, 11) is 4.08. The summed E-state index contributed by atoms with van der Waals surface area (Å²) in [6.07, 6.45) is 5.95. The van der Waals surface area contributed by atoms with Crippen molar-refractivity contribution in [3.8, 4) is 11.3 Å². The maximum absolute atomic E-state index is 5.77. The highest BCUT2D eigenvalue weighted by atomic mass is 16.5. The maximum atomic E-state index is 5.77. The first-order valence-corrected chi connectivity index (χ1v) is 7.66. The predicted octanol–water partition coefficient (Wildman–Crippen LogP) is 0.902. The van der Waals surface area contributed by atoms with Crippen LogP contribution in [0.2, 0.25) is 0 Å². The van der Waals surface area contributed by atoms with Gasteiger partial charge in [-0.2, -0.15) is 5.10 Å². The molecule has 22 heavy (non-hydrogen) atoms. The molecule has 0 aromatic carbocycles. The first-order chi connectivity index (χ1) is 10.7. The topological polar surface area (TPSA) is 55.2 Å². The molecule has 0 spiro atoms. The minimum atomic E-state index is 0.261. The Morgan fingerprint density at radius 3 is 3.09 bits per heavy atom. The van der Waals surface area contributed by atoms with Gasteiger partial charge in [-0.3, -0.25) is 9.67 Å². The highest BCUT2D eigenvalue weighted by Gasteiger charge is 2.17. The Labute approximate surface area is 131 Å². The molecule has 0 aliphatic carbocycles. The van der Waals surface area contributed by atoms with Gasteiger partial charge in [0.05, 0.1) is 18.4 Å². The van der Waals surface area contributed by atoms with Gasteiger partial charge in [0.2, 0.25) is 0 Å². The summed E-state index contributed by atoms with van der Waals surface area (Å²) < 4.78 is 7.62. The number of aromatic nitrogens is 3. The molecule has 6 nitrogen and oxygen atoms in total. The van der Waals surface area contributed by atoms with E-state index >= 15 is 0 Å². The minimum absolute atomic E-state index is 0.261. The lowest BCUT2D eigenvalue weighted by Crippen LogP contribution is -2.44. The molecule has 1 aliphatic heterocycles. The zero-order valence-electron chi connectivity index (χ0n) is 13.2. The molecule has 0 bridgehead atoms. The fourth-order valence-corrected chi connectivity index (χ4v) is 2.77. The van der Waals surface area contributed by atoms with E-state index in [1.807, 2.05) is 30.1 Å². The number of hydrogen-bond donors (Lipinski definition) is 1. The summed E-state index contributed by atoms with van der Waals surface area (Å²) in [5, 5.41) is 8.05. The first-order valence-electron chi connectivity index (χ1n) is 7.66. The van der Waals surface area contributed by atoms with E-state index in [0.29, 0.717) is 0 Å². The molecule has 1 fully saturated rings. The third-order valence-corrected chi connectivity index (χ3v) is 3.87. The number of ether oxygens (including phenoxy) is 1. The summed E-state index contributed by atoms with van der Waals surface area (Å²) in [4.78, 5) is 6.48. The molecular formula is C16H23N5O. The van der Waals surface area contributed by atoms with E-state index in [9.17, 15) is 0 Å². The van der Waals surface area contributed by atoms with Crippen molar-refractivity contribution in [2.24, 2.45) is 7.05 Å². The van der Waals surface area contributed by atoms with Crippen molar-refractivity contribution in [3.05, 3.63) is 36.3 Å². The standard InChI is InChI=1S/C16H23N5O/c1-20-6-7-22-15(12-20)10-18-9-14-11-21(2)19-16(14)13-4-3-5-17-8-13/h3-5,8,11,15,18H,6-7,9-10,12H2,1-2H3/t15-/m0/s1. The highest BCUT2D eigenvalue weighted by Crippen LogP contribution is 2.20. The van der Waals surface area contributed by atoms with Crippen molar-refractivity contribution in [2.75, 3.05) is 33.3 Å². The number of hydrogen-bond acceptors (Lipinski definition) is 5. The monoisotopic (exact) mass is 301 g/mol. The van der Waals surface area contributed by atoms with E-state index < -0.39 is 0 Å². The van der Waals surface area contributed by atoms with Gasteiger partial charge in [0.1, 0.15) is 0 Å². The van der Waals surface area contributed by atoms with Crippen LogP contribution in [0.4, 0.5) is 0 Å². The second kappa shape index (κ2) is 7.00. The Kier molecular flexibility index (Phi) is 4.82. The van der Waals surface area contributed by atoms with Gasteiger partial charge in [-0.05, 0) is 19.2 Å². The molecule has 1 saturated heterocycles. The van der Waals surface area contributed by atoms with Crippen LogP contribution in [0.1, 0.15) is 5.56 Å². The molecule has 0 saturated carbocycles. The quantitative estimate of drug-likeness (QED) is 0.889. The Bertz CT molecular complexity index is 598. The van der Waals surface area contributed by atoms with Crippen LogP contribution in [0.3, 0.4) is 0 Å². The van der Waals surface area contributed by atoms with E-state index in [1.54, 1.807) is 6.20 Å². The lowest BCUT2D eigenvalue weighted by Gasteiger charge is -2.30. The van der Waals surface area contributed by atoms with Gasteiger partial charge in [0, 0.05) is 62.9 Å². The van der Waals surface area contributed by atoms with Crippen LogP contribution in [0.15, 0.2) is 30.7 Å². The van der Waals surface area contributed by atoms with Crippen LogP contribution < -0.4 is 5.32 Å². The van der Waals surface area contributed by atoms with Crippen LogP contribution in [0.5, 0.6) is 0 Å². The predicted molar refractivity (Wildman–Crippen MR) is 85.4 cm³/mol. The molecule has 0 radical (unpaired) electrons. The summed E-state index contributed by atoms with van der Waals surface area (Å²) in [6, 6.07) is 3.98. The van der Waals surface area contributed by atoms with Crippen LogP contribution >= 0.6 is 0 Å². The third-order valence-electron chi connectivity index (χ3n) is 3.87. The van der Waals surface area contributed by atoms with Crippen molar-refractivity contribution in [2.45, 2.75) is 12.6 Å². The van der Waals surface area contributed by atoms with Gasteiger partial charge in [0.15, 0.2) is 0 Å². The average molecular weight is 301 g/mol. The summed E-state index contributed by atoms with van der Waals surface area (Å²) in [6.45, 7) is 4.45. The molecule has 118 valence electrons. The number of nitrogens with zero attached hydrogens (tertiary/aromatic N) is 4. The summed E-state index contributed by atoms with van der Waals surface area (Å²) in [5.41, 5.74) is 3.22. The van der Waals surface area contributed by atoms with Crippen LogP contribution in [0, 0.1) is 0 Å². The molecule has 1 N–H and O–H groups in total. The maximum Gasteiger partial charge on any atom is 0.0983 e. The molecule has 0 amide bonds. The number of aryl methyl sites for hydroxylation is 1. The highest BCUT2D eigenvalue weighted by molar-refractivity contribution is 5.61. The number of likely N-dealkylation sites (N-methyl/N-ethyl adjacent to an activating group) is 1. The van der Waals surface area contributed by atoms with Crippen LogP contribution in [-0.4, -0.2) is 59.1 Å². The van der Waals surface area contributed by atoms with E-state index in [2.05, 4.69) is 33.5 Å². The van der Waals surface area contributed by atoms with Crippen LogP contribution in [-0.2, 0) is 18.3 Å². The van der Waals surface area contributed by atoms with Crippen molar-refractivity contribution < 1.29 is 4.74 Å². The fraction of sp³-hybridized carbons (Fsp3) is 0.500. The Balaban J connectivity index is 1.61. The summed E-state index contributed by atoms with van der Waals surface area (Å²) in [5.74, 6) is 0. The van der Waals surface area contributed by atoms with Gasteiger partial charge in [-0.15, -0.1) is 0 Å². The molecule has 0 unspecified atom stereocenters. The van der Waals surface area contributed by atoms with Gasteiger partial charge >= 0.3 is 0 Å². The van der Waals surface area contributed by atoms with Gasteiger partial charge in [0.25, 0.3) is 0 Å². The molecule has 1 atom stereocenters. The Hall–Kier alpha value is -1.76.